The van der Waals surface area contributed by atoms with Gasteiger partial charge in [-0.3, -0.25) is 9.59 Å². The van der Waals surface area contributed by atoms with Gasteiger partial charge >= 0.3 is 0 Å². The molecule has 0 radical (unpaired) electrons. The third-order valence-electron chi connectivity index (χ3n) is 4.60. The highest BCUT2D eigenvalue weighted by Gasteiger charge is 2.53. The van der Waals surface area contributed by atoms with E-state index in [1.165, 1.54) is 6.08 Å². The molecule has 1 saturated carbocycles. The lowest BCUT2D eigenvalue weighted by Crippen LogP contribution is -2.52. The molecule has 3 rings (SSSR count). The Morgan fingerprint density at radius 2 is 2.09 bits per heavy atom. The zero-order valence-electron chi connectivity index (χ0n) is 13.2. The van der Waals surface area contributed by atoms with Gasteiger partial charge in [0.05, 0.1) is 18.1 Å². The van der Waals surface area contributed by atoms with Gasteiger partial charge in [0, 0.05) is 19.6 Å². The van der Waals surface area contributed by atoms with Gasteiger partial charge in [0.15, 0.2) is 0 Å². The number of nitrogens with zero attached hydrogens (tertiary/aromatic N) is 1. The molecule has 0 bridgehead atoms. The first kappa shape index (κ1) is 15.7. The molecule has 5 nitrogen and oxygen atoms in total. The zero-order valence-corrected chi connectivity index (χ0v) is 13.2. The van der Waals surface area contributed by atoms with E-state index in [0.29, 0.717) is 26.2 Å². The summed E-state index contributed by atoms with van der Waals surface area (Å²) in [7, 11) is 0. The molecular formula is C18H22N2O3. The van der Waals surface area contributed by atoms with E-state index >= 15 is 0 Å². The Balaban J connectivity index is 1.63. The number of nitrogens with one attached hydrogen (secondary N) is 1. The summed E-state index contributed by atoms with van der Waals surface area (Å²) < 4.78 is 5.65. The molecule has 0 aromatic heterocycles. The van der Waals surface area contributed by atoms with Crippen molar-refractivity contribution in [3.05, 3.63) is 48.6 Å². The summed E-state index contributed by atoms with van der Waals surface area (Å²) in [5.74, 6) is -0.0351. The van der Waals surface area contributed by atoms with Crippen LogP contribution in [-0.4, -0.2) is 49.1 Å². The smallest absolute Gasteiger partial charge is 0.243 e. The fourth-order valence-electron chi connectivity index (χ4n) is 3.12. The highest BCUT2D eigenvalue weighted by atomic mass is 16.5. The minimum absolute atomic E-state index is 0.164. The molecule has 23 heavy (non-hydrogen) atoms. The van der Waals surface area contributed by atoms with Crippen molar-refractivity contribution in [2.75, 3.05) is 26.2 Å². The van der Waals surface area contributed by atoms with Crippen LogP contribution in [0.4, 0.5) is 0 Å². The van der Waals surface area contributed by atoms with E-state index in [-0.39, 0.29) is 23.3 Å². The standard InChI is InChI=1S/C18H22N2O3/c1-2-16(21)19-12-15-13-20(10-11-23-15)17(22)18(8-9-18)14-6-4-3-5-7-14/h2-7,15H,1,8-13H2,(H,19,21)/t15-/m0/s1. The van der Waals surface area contributed by atoms with Gasteiger partial charge in [-0.25, -0.2) is 0 Å². The first-order valence-corrected chi connectivity index (χ1v) is 8.02. The van der Waals surface area contributed by atoms with Gasteiger partial charge in [-0.2, -0.15) is 0 Å². The Labute approximate surface area is 136 Å². The van der Waals surface area contributed by atoms with Gasteiger partial charge in [-0.05, 0) is 24.5 Å². The Morgan fingerprint density at radius 3 is 2.74 bits per heavy atom. The summed E-state index contributed by atoms with van der Waals surface area (Å²) in [6, 6.07) is 10.0. The Bertz CT molecular complexity index is 596. The number of hydrogen-bond donors (Lipinski definition) is 1. The molecule has 1 atom stereocenters. The van der Waals surface area contributed by atoms with Crippen LogP contribution in [-0.2, 0) is 19.7 Å². The third kappa shape index (κ3) is 3.29. The molecule has 122 valence electrons. The predicted molar refractivity (Wildman–Crippen MR) is 86.9 cm³/mol. The molecular weight excluding hydrogens is 292 g/mol. The molecule has 1 aliphatic carbocycles. The maximum atomic E-state index is 13.0. The summed E-state index contributed by atoms with van der Waals surface area (Å²) in [6.07, 6.45) is 2.89. The van der Waals surface area contributed by atoms with E-state index in [1.807, 2.05) is 35.2 Å². The van der Waals surface area contributed by atoms with Crippen molar-refractivity contribution in [2.45, 2.75) is 24.4 Å². The SMILES string of the molecule is C=CC(=O)NC[C@H]1CN(C(=O)C2(c3ccccc3)CC2)CCO1. The summed E-state index contributed by atoms with van der Waals surface area (Å²) >= 11 is 0. The van der Waals surface area contributed by atoms with Crippen LogP contribution < -0.4 is 5.32 Å². The first-order chi connectivity index (χ1) is 11.2. The van der Waals surface area contributed by atoms with E-state index in [1.54, 1.807) is 0 Å². The van der Waals surface area contributed by atoms with E-state index < -0.39 is 0 Å². The van der Waals surface area contributed by atoms with Crippen LogP contribution in [0.3, 0.4) is 0 Å². The average molecular weight is 314 g/mol. The lowest BCUT2D eigenvalue weighted by Gasteiger charge is -2.35. The molecule has 2 fully saturated rings. The van der Waals surface area contributed by atoms with Crippen LogP contribution in [0.25, 0.3) is 0 Å². The molecule has 1 N–H and O–H groups in total. The van der Waals surface area contributed by atoms with Gasteiger partial charge in [0.2, 0.25) is 11.8 Å². The van der Waals surface area contributed by atoms with Gasteiger partial charge in [-0.15, -0.1) is 0 Å². The molecule has 0 spiro atoms. The Hall–Kier alpha value is -2.14. The molecule has 1 aromatic rings. The van der Waals surface area contributed by atoms with E-state index in [4.69, 9.17) is 4.74 Å². The maximum Gasteiger partial charge on any atom is 0.243 e. The van der Waals surface area contributed by atoms with Crippen LogP contribution in [0.1, 0.15) is 18.4 Å². The summed E-state index contributed by atoms with van der Waals surface area (Å²) in [4.78, 5) is 26.1. The van der Waals surface area contributed by atoms with Crippen molar-refractivity contribution in [1.82, 2.24) is 10.2 Å². The Kier molecular flexibility index (Phi) is 4.48. The van der Waals surface area contributed by atoms with Crippen LogP contribution in [0.15, 0.2) is 43.0 Å². The third-order valence-corrected chi connectivity index (χ3v) is 4.60. The molecule has 2 amide bonds. The topological polar surface area (TPSA) is 58.6 Å². The number of hydrogen-bond acceptors (Lipinski definition) is 3. The monoisotopic (exact) mass is 314 g/mol. The summed E-state index contributed by atoms with van der Waals surface area (Å²) in [5.41, 5.74) is 0.765. The minimum atomic E-state index is -0.340. The number of ether oxygens (including phenoxy) is 1. The fraction of sp³-hybridized carbons (Fsp3) is 0.444. The van der Waals surface area contributed by atoms with E-state index in [0.717, 1.165) is 18.4 Å². The van der Waals surface area contributed by atoms with Crippen molar-refractivity contribution < 1.29 is 14.3 Å². The highest BCUT2D eigenvalue weighted by Crippen LogP contribution is 2.49. The van der Waals surface area contributed by atoms with Gasteiger partial charge in [0.1, 0.15) is 0 Å². The average Bonchev–Trinajstić information content (AvgIpc) is 3.42. The lowest BCUT2D eigenvalue weighted by molar-refractivity contribution is -0.141. The lowest BCUT2D eigenvalue weighted by atomic mass is 9.94. The van der Waals surface area contributed by atoms with Crippen molar-refractivity contribution in [3.8, 4) is 0 Å². The Morgan fingerprint density at radius 1 is 1.35 bits per heavy atom. The van der Waals surface area contributed by atoms with Crippen LogP contribution >= 0.6 is 0 Å². The summed E-state index contributed by atoms with van der Waals surface area (Å²) in [5, 5.41) is 2.73. The van der Waals surface area contributed by atoms with Crippen LogP contribution in [0.5, 0.6) is 0 Å². The van der Waals surface area contributed by atoms with Crippen molar-refractivity contribution in [1.29, 1.82) is 0 Å². The van der Waals surface area contributed by atoms with Gasteiger partial charge in [0.25, 0.3) is 0 Å². The number of rotatable bonds is 5. The number of morpholine rings is 1. The zero-order chi connectivity index (χ0) is 16.3. The maximum absolute atomic E-state index is 13.0. The number of carbonyl (C=O) groups excluding carboxylic acids is 2. The second-order valence-electron chi connectivity index (χ2n) is 6.14. The number of amides is 2. The second-order valence-corrected chi connectivity index (χ2v) is 6.14. The van der Waals surface area contributed by atoms with Crippen molar-refractivity contribution in [3.63, 3.8) is 0 Å². The molecule has 1 saturated heterocycles. The first-order valence-electron chi connectivity index (χ1n) is 8.02. The van der Waals surface area contributed by atoms with Crippen LogP contribution in [0, 0.1) is 0 Å². The number of carbonyl (C=O) groups is 2. The van der Waals surface area contributed by atoms with Crippen molar-refractivity contribution in [2.24, 2.45) is 0 Å². The normalized spacial score (nSPS) is 22.3. The molecule has 5 heteroatoms. The number of benzene rings is 1. The fourth-order valence-corrected chi connectivity index (χ4v) is 3.12. The van der Waals surface area contributed by atoms with Gasteiger partial charge in [-0.1, -0.05) is 36.9 Å². The van der Waals surface area contributed by atoms with Crippen molar-refractivity contribution >= 4 is 11.8 Å². The quantitative estimate of drug-likeness (QED) is 0.832. The van der Waals surface area contributed by atoms with E-state index in [9.17, 15) is 9.59 Å². The largest absolute Gasteiger partial charge is 0.373 e. The van der Waals surface area contributed by atoms with Gasteiger partial charge < -0.3 is 15.0 Å². The molecule has 1 aliphatic heterocycles. The van der Waals surface area contributed by atoms with E-state index in [2.05, 4.69) is 11.9 Å². The second kappa shape index (κ2) is 6.54. The molecule has 1 heterocycles. The predicted octanol–water partition coefficient (Wildman–Crippen LogP) is 1.25. The molecule has 1 aromatic carbocycles. The molecule has 0 unspecified atom stereocenters. The summed E-state index contributed by atoms with van der Waals surface area (Å²) in [6.45, 7) is 5.45. The highest BCUT2D eigenvalue weighted by molar-refractivity contribution is 5.91. The molecule has 2 aliphatic rings. The van der Waals surface area contributed by atoms with Crippen LogP contribution in [0.2, 0.25) is 0 Å². The minimum Gasteiger partial charge on any atom is -0.373 e.